The third-order valence-electron chi connectivity index (χ3n) is 5.27. The SMILES string of the molecule is COc1ccc(CN2C(O)(c3cc(F)ccc3Cl)c3c([N+](=O)[O-])cccc3S2(=O)=O)cc1. The molecule has 3 aromatic rings. The zero-order chi connectivity index (χ0) is 23.3. The van der Waals surface area contributed by atoms with Crippen LogP contribution in [0, 0.1) is 15.9 Å². The number of nitrogens with zero attached hydrogens (tertiary/aromatic N) is 2. The molecule has 4 rings (SSSR count). The van der Waals surface area contributed by atoms with Gasteiger partial charge in [0.2, 0.25) is 10.0 Å². The van der Waals surface area contributed by atoms with Gasteiger partial charge in [-0.05, 0) is 42.0 Å². The summed E-state index contributed by atoms with van der Waals surface area (Å²) < 4.78 is 46.8. The van der Waals surface area contributed by atoms with Gasteiger partial charge in [-0.25, -0.2) is 12.8 Å². The Morgan fingerprint density at radius 2 is 1.88 bits per heavy atom. The fraction of sp³-hybridized carbons (Fsp3) is 0.143. The van der Waals surface area contributed by atoms with Crippen molar-refractivity contribution in [3.8, 4) is 5.75 Å². The highest BCUT2D eigenvalue weighted by atomic mass is 35.5. The molecule has 166 valence electrons. The second-order valence-corrected chi connectivity index (χ2v) is 9.30. The van der Waals surface area contributed by atoms with Crippen LogP contribution in [0.15, 0.2) is 65.6 Å². The molecule has 0 saturated heterocycles. The molecule has 3 aromatic carbocycles. The molecule has 0 aromatic heterocycles. The number of hydrogen-bond donors (Lipinski definition) is 1. The molecule has 1 heterocycles. The molecule has 1 aliphatic rings. The molecular formula is C21H16ClFN2O6S. The lowest BCUT2D eigenvalue weighted by Gasteiger charge is -2.33. The van der Waals surface area contributed by atoms with Crippen molar-refractivity contribution in [2.75, 3.05) is 7.11 Å². The molecule has 0 amide bonds. The van der Waals surface area contributed by atoms with E-state index in [-0.39, 0.29) is 17.1 Å². The van der Waals surface area contributed by atoms with Gasteiger partial charge in [-0.1, -0.05) is 29.8 Å². The van der Waals surface area contributed by atoms with Crippen LogP contribution in [-0.2, 0) is 22.3 Å². The predicted octanol–water partition coefficient (Wildman–Crippen LogP) is 3.79. The van der Waals surface area contributed by atoms with Crippen LogP contribution in [-0.4, -0.2) is 29.9 Å². The molecular weight excluding hydrogens is 463 g/mol. The van der Waals surface area contributed by atoms with Gasteiger partial charge in [0.15, 0.2) is 5.72 Å². The van der Waals surface area contributed by atoms with E-state index in [1.54, 1.807) is 24.3 Å². The average molecular weight is 479 g/mol. The molecule has 0 aliphatic carbocycles. The molecule has 0 fully saturated rings. The predicted molar refractivity (Wildman–Crippen MR) is 113 cm³/mol. The van der Waals surface area contributed by atoms with Gasteiger partial charge in [0.05, 0.1) is 16.9 Å². The van der Waals surface area contributed by atoms with Crippen molar-refractivity contribution in [2.45, 2.75) is 17.2 Å². The average Bonchev–Trinajstić information content (AvgIpc) is 2.94. The highest BCUT2D eigenvalue weighted by Crippen LogP contribution is 2.52. The quantitative estimate of drug-likeness (QED) is 0.441. The van der Waals surface area contributed by atoms with Crippen LogP contribution in [0.1, 0.15) is 16.7 Å². The largest absolute Gasteiger partial charge is 0.497 e. The fourth-order valence-electron chi connectivity index (χ4n) is 3.78. The summed E-state index contributed by atoms with van der Waals surface area (Å²) in [5.41, 5.74) is -3.63. The van der Waals surface area contributed by atoms with Crippen LogP contribution in [0.2, 0.25) is 5.02 Å². The van der Waals surface area contributed by atoms with E-state index in [0.717, 1.165) is 30.3 Å². The summed E-state index contributed by atoms with van der Waals surface area (Å²) in [4.78, 5) is 10.5. The normalized spacial score (nSPS) is 19.5. The number of nitro groups is 1. The van der Waals surface area contributed by atoms with Gasteiger partial charge in [0.25, 0.3) is 5.69 Å². The third-order valence-corrected chi connectivity index (χ3v) is 7.47. The van der Waals surface area contributed by atoms with Gasteiger partial charge in [0.1, 0.15) is 17.1 Å². The van der Waals surface area contributed by atoms with Gasteiger partial charge in [0, 0.05) is 23.2 Å². The van der Waals surface area contributed by atoms with E-state index in [9.17, 15) is 28.0 Å². The summed E-state index contributed by atoms with van der Waals surface area (Å²) in [6, 6.07) is 12.8. The van der Waals surface area contributed by atoms with E-state index in [4.69, 9.17) is 16.3 Å². The minimum atomic E-state index is -4.44. The van der Waals surface area contributed by atoms with Gasteiger partial charge < -0.3 is 9.84 Å². The van der Waals surface area contributed by atoms with Crippen molar-refractivity contribution in [2.24, 2.45) is 0 Å². The van der Waals surface area contributed by atoms with E-state index < -0.39 is 42.6 Å². The Kier molecular flexibility index (Phi) is 5.41. The van der Waals surface area contributed by atoms with Crippen molar-refractivity contribution in [3.63, 3.8) is 0 Å². The topological polar surface area (TPSA) is 110 Å². The van der Waals surface area contributed by atoms with Crippen LogP contribution in [0.5, 0.6) is 5.75 Å². The molecule has 0 spiro atoms. The number of ether oxygens (including phenoxy) is 1. The first-order valence-corrected chi connectivity index (χ1v) is 11.0. The van der Waals surface area contributed by atoms with E-state index in [2.05, 4.69) is 0 Å². The maximum Gasteiger partial charge on any atom is 0.278 e. The number of sulfonamides is 1. The molecule has 32 heavy (non-hydrogen) atoms. The first-order valence-electron chi connectivity index (χ1n) is 9.22. The maximum absolute atomic E-state index is 14.2. The minimum absolute atomic E-state index is 0.158. The fourth-order valence-corrected chi connectivity index (χ4v) is 5.88. The lowest BCUT2D eigenvalue weighted by atomic mass is 9.92. The van der Waals surface area contributed by atoms with E-state index in [1.165, 1.54) is 13.2 Å². The molecule has 0 saturated carbocycles. The Labute approximate surface area is 187 Å². The summed E-state index contributed by atoms with van der Waals surface area (Å²) in [5, 5.41) is 23.5. The number of methoxy groups -OCH3 is 1. The van der Waals surface area contributed by atoms with E-state index in [1.807, 2.05) is 0 Å². The van der Waals surface area contributed by atoms with Crippen molar-refractivity contribution >= 4 is 27.3 Å². The molecule has 0 radical (unpaired) electrons. The Morgan fingerprint density at radius 1 is 1.19 bits per heavy atom. The standard InChI is InChI=1S/C21H16ClFN2O6S/c1-31-15-8-5-13(6-9-15)12-24-21(26,16-11-14(23)7-10-17(16)22)20-18(25(27)28)3-2-4-19(20)32(24,29)30/h2-11,26H,12H2,1H3. The molecule has 8 nitrogen and oxygen atoms in total. The number of halogens is 2. The smallest absolute Gasteiger partial charge is 0.278 e. The molecule has 1 aliphatic heterocycles. The van der Waals surface area contributed by atoms with Crippen LogP contribution in [0.4, 0.5) is 10.1 Å². The van der Waals surface area contributed by atoms with Crippen LogP contribution >= 0.6 is 11.6 Å². The second kappa shape index (κ2) is 7.82. The highest BCUT2D eigenvalue weighted by molar-refractivity contribution is 7.89. The number of aliphatic hydroxyl groups is 1. The number of benzene rings is 3. The first kappa shape index (κ1) is 22.2. The van der Waals surface area contributed by atoms with Crippen LogP contribution in [0.3, 0.4) is 0 Å². The molecule has 1 unspecified atom stereocenters. The number of hydrogen-bond acceptors (Lipinski definition) is 6. The number of nitro benzene ring substituents is 1. The summed E-state index contributed by atoms with van der Waals surface area (Å²) in [6.45, 7) is -0.374. The number of rotatable bonds is 5. The molecule has 1 N–H and O–H groups in total. The van der Waals surface area contributed by atoms with Crippen molar-refractivity contribution in [1.82, 2.24) is 4.31 Å². The molecule has 1 atom stereocenters. The Balaban J connectivity index is 2.01. The molecule has 0 bridgehead atoms. The van der Waals surface area contributed by atoms with Crippen molar-refractivity contribution < 1.29 is 27.6 Å². The Bertz CT molecular complexity index is 1330. The minimum Gasteiger partial charge on any atom is -0.497 e. The highest BCUT2D eigenvalue weighted by Gasteiger charge is 2.58. The first-order chi connectivity index (χ1) is 15.1. The zero-order valence-electron chi connectivity index (χ0n) is 16.5. The molecule has 11 heteroatoms. The monoisotopic (exact) mass is 478 g/mol. The maximum atomic E-state index is 14.2. The Morgan fingerprint density at radius 3 is 2.50 bits per heavy atom. The second-order valence-electron chi connectivity index (χ2n) is 7.06. The van der Waals surface area contributed by atoms with Gasteiger partial charge in [-0.3, -0.25) is 10.1 Å². The van der Waals surface area contributed by atoms with Crippen LogP contribution in [0.25, 0.3) is 0 Å². The third kappa shape index (κ3) is 3.32. The van der Waals surface area contributed by atoms with E-state index >= 15 is 0 Å². The summed E-state index contributed by atoms with van der Waals surface area (Å²) in [7, 11) is -2.96. The lowest BCUT2D eigenvalue weighted by molar-refractivity contribution is -0.387. The van der Waals surface area contributed by atoms with Gasteiger partial charge in [-0.2, -0.15) is 4.31 Å². The number of fused-ring (bicyclic) bond motifs is 1. The lowest BCUT2D eigenvalue weighted by Crippen LogP contribution is -2.44. The van der Waals surface area contributed by atoms with Crippen molar-refractivity contribution in [3.05, 3.63) is 98.3 Å². The van der Waals surface area contributed by atoms with Crippen molar-refractivity contribution in [1.29, 1.82) is 0 Å². The van der Waals surface area contributed by atoms with Crippen LogP contribution < -0.4 is 4.74 Å². The summed E-state index contributed by atoms with van der Waals surface area (Å²) in [5.74, 6) is -0.271. The summed E-state index contributed by atoms with van der Waals surface area (Å²) in [6.07, 6.45) is 0. The zero-order valence-corrected chi connectivity index (χ0v) is 18.1. The van der Waals surface area contributed by atoms with Gasteiger partial charge >= 0.3 is 0 Å². The Hall–Kier alpha value is -3.05. The summed E-state index contributed by atoms with van der Waals surface area (Å²) >= 11 is 6.23. The van der Waals surface area contributed by atoms with E-state index in [0.29, 0.717) is 15.6 Å². The van der Waals surface area contributed by atoms with Gasteiger partial charge in [-0.15, -0.1) is 0 Å².